The molecule has 0 atom stereocenters. The van der Waals surface area contributed by atoms with Crippen LogP contribution in [-0.2, 0) is 17.4 Å². The molecule has 0 aliphatic carbocycles. The Morgan fingerprint density at radius 1 is 0.923 bits per heavy atom. The molecule has 3 nitrogen and oxygen atoms in total. The molecule has 2 aromatic carbocycles. The molecular weight excluding hydrogens is 341 g/mol. The molecule has 0 spiro atoms. The summed E-state index contributed by atoms with van der Waals surface area (Å²) in [5.41, 5.74) is 1.04. The van der Waals surface area contributed by atoms with E-state index < -0.39 is 11.7 Å². The molecule has 0 radical (unpaired) electrons. The first-order valence-electron chi connectivity index (χ1n) is 8.67. The van der Waals surface area contributed by atoms with Gasteiger partial charge in [0.25, 0.3) is 0 Å². The van der Waals surface area contributed by atoms with Crippen LogP contribution in [0.1, 0.15) is 17.5 Å². The summed E-state index contributed by atoms with van der Waals surface area (Å²) in [6.45, 7) is 2.14. The smallest absolute Gasteiger partial charge is 0.368 e. The summed E-state index contributed by atoms with van der Waals surface area (Å²) in [6, 6.07) is 15.2. The highest BCUT2D eigenvalue weighted by Gasteiger charge is 2.31. The summed E-state index contributed by atoms with van der Waals surface area (Å²) in [5, 5.41) is 0. The van der Waals surface area contributed by atoms with Crippen molar-refractivity contribution in [2.75, 3.05) is 31.1 Å². The van der Waals surface area contributed by atoms with Crippen LogP contribution in [0.25, 0.3) is 0 Å². The van der Waals surface area contributed by atoms with Gasteiger partial charge in [-0.3, -0.25) is 4.79 Å². The molecule has 26 heavy (non-hydrogen) atoms. The predicted octanol–water partition coefficient (Wildman–Crippen LogP) is 3.99. The van der Waals surface area contributed by atoms with Crippen molar-refractivity contribution in [3.05, 3.63) is 65.7 Å². The van der Waals surface area contributed by atoms with Gasteiger partial charge in [0, 0.05) is 38.3 Å². The number of hydrogen-bond donors (Lipinski definition) is 0. The molecule has 1 amide bonds. The van der Waals surface area contributed by atoms with Crippen molar-refractivity contribution >= 4 is 11.6 Å². The number of anilines is 1. The van der Waals surface area contributed by atoms with Crippen LogP contribution in [-0.4, -0.2) is 37.0 Å². The van der Waals surface area contributed by atoms with Gasteiger partial charge in [0.05, 0.1) is 5.56 Å². The minimum atomic E-state index is -4.34. The second-order valence-corrected chi connectivity index (χ2v) is 6.40. The summed E-state index contributed by atoms with van der Waals surface area (Å²) in [4.78, 5) is 16.1. The molecule has 138 valence electrons. The Balaban J connectivity index is 1.53. The van der Waals surface area contributed by atoms with Crippen LogP contribution in [0.3, 0.4) is 0 Å². The lowest BCUT2D eigenvalue weighted by Gasteiger charge is -2.36. The highest BCUT2D eigenvalue weighted by atomic mass is 19.4. The van der Waals surface area contributed by atoms with Gasteiger partial charge in [-0.1, -0.05) is 36.4 Å². The third-order valence-electron chi connectivity index (χ3n) is 4.64. The lowest BCUT2D eigenvalue weighted by atomic mass is 10.1. The third kappa shape index (κ3) is 4.56. The molecule has 6 heteroatoms. The summed E-state index contributed by atoms with van der Waals surface area (Å²) >= 11 is 0. The number of aryl methyl sites for hydroxylation is 1. The van der Waals surface area contributed by atoms with Gasteiger partial charge in [-0.25, -0.2) is 0 Å². The summed E-state index contributed by atoms with van der Waals surface area (Å²) in [7, 11) is 0. The number of nitrogens with zero attached hydrogens (tertiary/aromatic N) is 2. The Kier molecular flexibility index (Phi) is 5.49. The van der Waals surface area contributed by atoms with Crippen LogP contribution in [0.4, 0.5) is 18.9 Å². The summed E-state index contributed by atoms with van der Waals surface area (Å²) in [6.07, 6.45) is -3.19. The zero-order valence-electron chi connectivity index (χ0n) is 14.4. The molecule has 0 bridgehead atoms. The fraction of sp³-hybridized carbons (Fsp3) is 0.350. The fourth-order valence-electron chi connectivity index (χ4n) is 3.15. The molecule has 1 heterocycles. The highest BCUT2D eigenvalue weighted by Crippen LogP contribution is 2.31. The first-order valence-corrected chi connectivity index (χ1v) is 8.67. The number of rotatable bonds is 4. The van der Waals surface area contributed by atoms with Crippen LogP contribution >= 0.6 is 0 Å². The summed E-state index contributed by atoms with van der Waals surface area (Å²) in [5.74, 6) is 0.0949. The maximum atomic E-state index is 12.9. The zero-order valence-corrected chi connectivity index (χ0v) is 14.4. The lowest BCUT2D eigenvalue weighted by Crippen LogP contribution is -2.48. The number of amides is 1. The Morgan fingerprint density at radius 2 is 1.62 bits per heavy atom. The van der Waals surface area contributed by atoms with Crippen LogP contribution in [0.5, 0.6) is 0 Å². The standard InChI is InChI=1S/C20H21F3N2O/c21-20(22,23)17-7-4-8-18(15-17)24-11-13-25(14-12-24)19(26)10-9-16-5-2-1-3-6-16/h1-8,15H,9-14H2. The van der Waals surface area contributed by atoms with E-state index in [4.69, 9.17) is 0 Å². The first-order chi connectivity index (χ1) is 12.4. The van der Waals surface area contributed by atoms with Crippen molar-refractivity contribution in [3.8, 4) is 0 Å². The Bertz CT molecular complexity index is 738. The molecule has 0 unspecified atom stereocenters. The number of halogens is 3. The maximum absolute atomic E-state index is 12.9. The van der Waals surface area contributed by atoms with Crippen LogP contribution in [0, 0.1) is 0 Å². The fourth-order valence-corrected chi connectivity index (χ4v) is 3.15. The predicted molar refractivity (Wildman–Crippen MR) is 95.0 cm³/mol. The van der Waals surface area contributed by atoms with Crippen molar-refractivity contribution in [3.63, 3.8) is 0 Å². The van der Waals surface area contributed by atoms with E-state index in [0.29, 0.717) is 44.7 Å². The number of benzene rings is 2. The minimum absolute atomic E-state index is 0.0949. The number of carbonyl (C=O) groups excluding carboxylic acids is 1. The van der Waals surface area contributed by atoms with Gasteiger partial charge in [0.1, 0.15) is 0 Å². The van der Waals surface area contributed by atoms with Crippen molar-refractivity contribution in [1.29, 1.82) is 0 Å². The maximum Gasteiger partial charge on any atom is 0.416 e. The number of hydrogen-bond acceptors (Lipinski definition) is 2. The second-order valence-electron chi connectivity index (χ2n) is 6.40. The largest absolute Gasteiger partial charge is 0.416 e. The second kappa shape index (κ2) is 7.81. The quantitative estimate of drug-likeness (QED) is 0.821. The van der Waals surface area contributed by atoms with Crippen molar-refractivity contribution < 1.29 is 18.0 Å². The van der Waals surface area contributed by atoms with Gasteiger partial charge >= 0.3 is 6.18 Å². The Labute approximate surface area is 151 Å². The molecular formula is C20H21F3N2O. The van der Waals surface area contributed by atoms with Gasteiger partial charge in [0.2, 0.25) is 5.91 Å². The summed E-state index contributed by atoms with van der Waals surface area (Å²) < 4.78 is 38.6. The van der Waals surface area contributed by atoms with E-state index in [0.717, 1.165) is 11.6 Å². The van der Waals surface area contributed by atoms with Gasteiger partial charge in [-0.15, -0.1) is 0 Å². The molecule has 1 saturated heterocycles. The molecule has 1 aliphatic rings. The molecule has 3 rings (SSSR count). The Hall–Kier alpha value is -2.50. The van der Waals surface area contributed by atoms with E-state index in [-0.39, 0.29) is 5.91 Å². The highest BCUT2D eigenvalue weighted by molar-refractivity contribution is 5.76. The van der Waals surface area contributed by atoms with Gasteiger partial charge in [-0.2, -0.15) is 13.2 Å². The molecule has 0 aromatic heterocycles. The molecule has 0 saturated carbocycles. The average molecular weight is 362 g/mol. The lowest BCUT2D eigenvalue weighted by molar-refractivity contribution is -0.137. The van der Waals surface area contributed by atoms with Crippen molar-refractivity contribution in [2.45, 2.75) is 19.0 Å². The van der Waals surface area contributed by atoms with E-state index in [9.17, 15) is 18.0 Å². The zero-order chi connectivity index (χ0) is 18.6. The normalized spacial score (nSPS) is 15.2. The number of carbonyl (C=O) groups is 1. The third-order valence-corrected chi connectivity index (χ3v) is 4.64. The number of piperazine rings is 1. The molecule has 2 aromatic rings. The topological polar surface area (TPSA) is 23.6 Å². The van der Waals surface area contributed by atoms with E-state index in [1.54, 1.807) is 11.0 Å². The van der Waals surface area contributed by atoms with Crippen LogP contribution in [0.2, 0.25) is 0 Å². The first kappa shape index (κ1) is 18.3. The number of alkyl halides is 3. The van der Waals surface area contributed by atoms with Crippen molar-refractivity contribution in [1.82, 2.24) is 4.90 Å². The molecule has 0 N–H and O–H groups in total. The SMILES string of the molecule is O=C(CCc1ccccc1)N1CCN(c2cccc(C(F)(F)F)c2)CC1. The van der Waals surface area contributed by atoms with E-state index in [1.165, 1.54) is 12.1 Å². The monoisotopic (exact) mass is 362 g/mol. The molecule has 1 aliphatic heterocycles. The Morgan fingerprint density at radius 3 is 2.27 bits per heavy atom. The average Bonchev–Trinajstić information content (AvgIpc) is 2.66. The van der Waals surface area contributed by atoms with Crippen LogP contribution in [0.15, 0.2) is 54.6 Å². The minimum Gasteiger partial charge on any atom is -0.368 e. The van der Waals surface area contributed by atoms with E-state index in [2.05, 4.69) is 0 Å². The van der Waals surface area contributed by atoms with Gasteiger partial charge in [-0.05, 0) is 30.2 Å². The van der Waals surface area contributed by atoms with Gasteiger partial charge in [0.15, 0.2) is 0 Å². The molecule has 1 fully saturated rings. The van der Waals surface area contributed by atoms with E-state index >= 15 is 0 Å². The van der Waals surface area contributed by atoms with Crippen molar-refractivity contribution in [2.24, 2.45) is 0 Å². The van der Waals surface area contributed by atoms with E-state index in [1.807, 2.05) is 35.2 Å². The van der Waals surface area contributed by atoms with Gasteiger partial charge < -0.3 is 9.80 Å². The van der Waals surface area contributed by atoms with Crippen LogP contribution < -0.4 is 4.90 Å².